The first kappa shape index (κ1) is 21.5. The fraction of sp³-hybridized carbons (Fsp3) is 0.0400. The van der Waals surface area contributed by atoms with Crippen LogP contribution in [0.25, 0.3) is 37.8 Å². The van der Waals surface area contributed by atoms with Gasteiger partial charge in [0.2, 0.25) is 5.91 Å². The van der Waals surface area contributed by atoms with Crippen LogP contribution in [0.2, 0.25) is 0 Å². The predicted molar refractivity (Wildman–Crippen MR) is 138 cm³/mol. The number of amides is 1. The maximum Gasteiger partial charge on any atom is 0.283 e. The largest absolute Gasteiger partial charge is 0.349 e. The van der Waals surface area contributed by atoms with Crippen molar-refractivity contribution in [2.24, 2.45) is 0 Å². The minimum Gasteiger partial charge on any atom is -0.349 e. The smallest absolute Gasteiger partial charge is 0.283 e. The van der Waals surface area contributed by atoms with Gasteiger partial charge in [0, 0.05) is 10.9 Å². The van der Waals surface area contributed by atoms with Gasteiger partial charge in [-0.1, -0.05) is 53.4 Å². The molecule has 10 heteroatoms. The molecule has 3 aromatic heterocycles. The lowest BCUT2D eigenvalue weighted by Gasteiger charge is -2.12. The molecule has 0 unspecified atom stereocenters. The molecule has 2 N–H and O–H groups in total. The summed E-state index contributed by atoms with van der Waals surface area (Å²) in [6.45, 7) is 0. The van der Waals surface area contributed by atoms with Crippen LogP contribution in [-0.4, -0.2) is 31.2 Å². The number of carbonyl (C=O) groups is 1. The topological polar surface area (TPSA) is 92.7 Å². The van der Waals surface area contributed by atoms with E-state index in [4.69, 9.17) is 4.98 Å². The number of H-pyrrole nitrogens is 1. The zero-order valence-electron chi connectivity index (χ0n) is 18.0. The van der Waals surface area contributed by atoms with Gasteiger partial charge in [0.05, 0.1) is 21.7 Å². The Morgan fingerprint density at radius 1 is 1.03 bits per heavy atom. The number of rotatable bonds is 5. The molecule has 0 spiro atoms. The minimum absolute atomic E-state index is 0.0113. The lowest BCUT2D eigenvalue weighted by molar-refractivity contribution is -0.113. The van der Waals surface area contributed by atoms with E-state index in [9.17, 15) is 14.0 Å². The molecular weight excluding hydrogens is 485 g/mol. The van der Waals surface area contributed by atoms with Crippen LogP contribution in [0.3, 0.4) is 0 Å². The number of carbonyl (C=O) groups excluding carboxylic acids is 1. The average molecular weight is 502 g/mol. The molecule has 1 amide bonds. The fourth-order valence-corrected chi connectivity index (χ4v) is 5.56. The lowest BCUT2D eigenvalue weighted by Crippen LogP contribution is -2.23. The highest BCUT2D eigenvalue weighted by Gasteiger charge is 2.18. The van der Waals surface area contributed by atoms with Crippen LogP contribution in [-0.2, 0) is 4.79 Å². The standard InChI is InChI=1S/C25H16FN5O2S2/c26-14-9-11-15(12-10-14)31-23(33)22-21(16-5-1-2-6-17(16)27-22)30-25(31)34-13-20(32)29-24-28-18-7-3-4-8-19(18)35-24/h1-12,27H,13H2,(H,28,29,32). The molecule has 0 aliphatic heterocycles. The number of aromatic amines is 1. The summed E-state index contributed by atoms with van der Waals surface area (Å²) in [5.74, 6) is -0.670. The molecular formula is C25H16FN5O2S2. The van der Waals surface area contributed by atoms with Gasteiger partial charge in [-0.3, -0.25) is 14.2 Å². The Balaban J connectivity index is 1.37. The van der Waals surface area contributed by atoms with Gasteiger partial charge in [0.25, 0.3) is 5.56 Å². The summed E-state index contributed by atoms with van der Waals surface area (Å²) in [7, 11) is 0. The second-order valence-corrected chi connectivity index (χ2v) is 9.70. The van der Waals surface area contributed by atoms with Gasteiger partial charge < -0.3 is 10.3 Å². The molecule has 0 saturated heterocycles. The molecule has 0 saturated carbocycles. The Hall–Kier alpha value is -4.02. The summed E-state index contributed by atoms with van der Waals surface area (Å²) < 4.78 is 15.9. The number of benzene rings is 3. The highest BCUT2D eigenvalue weighted by molar-refractivity contribution is 7.99. The minimum atomic E-state index is -0.411. The van der Waals surface area contributed by atoms with Crippen molar-refractivity contribution in [1.29, 1.82) is 0 Å². The second-order valence-electron chi connectivity index (χ2n) is 7.73. The third-order valence-corrected chi connectivity index (χ3v) is 7.34. The number of thioether (sulfide) groups is 1. The number of anilines is 1. The third kappa shape index (κ3) is 3.96. The zero-order chi connectivity index (χ0) is 23.9. The maximum absolute atomic E-state index is 13.6. The molecule has 0 aliphatic carbocycles. The van der Waals surface area contributed by atoms with Crippen molar-refractivity contribution < 1.29 is 9.18 Å². The highest BCUT2D eigenvalue weighted by atomic mass is 32.2. The number of para-hydroxylation sites is 2. The number of nitrogens with zero attached hydrogens (tertiary/aromatic N) is 3. The van der Waals surface area contributed by atoms with Crippen LogP contribution >= 0.6 is 23.1 Å². The van der Waals surface area contributed by atoms with Crippen LogP contribution in [0.5, 0.6) is 0 Å². The first-order valence-corrected chi connectivity index (χ1v) is 12.4. The van der Waals surface area contributed by atoms with Gasteiger partial charge in [-0.25, -0.2) is 14.4 Å². The Morgan fingerprint density at radius 3 is 2.63 bits per heavy atom. The fourth-order valence-electron chi connectivity index (χ4n) is 3.87. The Bertz CT molecular complexity index is 1760. The monoisotopic (exact) mass is 501 g/mol. The Kier molecular flexibility index (Phi) is 5.31. The van der Waals surface area contributed by atoms with Crippen molar-refractivity contribution >= 4 is 66.3 Å². The first-order valence-electron chi connectivity index (χ1n) is 10.6. The second kappa shape index (κ2) is 8.64. The van der Waals surface area contributed by atoms with Crippen molar-refractivity contribution in [3.05, 3.63) is 89.0 Å². The summed E-state index contributed by atoms with van der Waals surface area (Å²) in [6, 6.07) is 20.7. The molecule has 0 atom stereocenters. The number of hydrogen-bond donors (Lipinski definition) is 2. The molecule has 6 rings (SSSR count). The summed E-state index contributed by atoms with van der Waals surface area (Å²) in [4.78, 5) is 38.6. The van der Waals surface area contributed by atoms with Gasteiger partial charge in [0.1, 0.15) is 16.9 Å². The van der Waals surface area contributed by atoms with Crippen molar-refractivity contribution in [3.63, 3.8) is 0 Å². The SMILES string of the molecule is O=C(CSc1nc2c([nH]c3ccccc32)c(=O)n1-c1ccc(F)cc1)Nc1nc2ccccc2s1. The summed E-state index contributed by atoms with van der Waals surface area (Å²) in [6.07, 6.45) is 0. The van der Waals surface area contributed by atoms with Crippen molar-refractivity contribution in [3.8, 4) is 5.69 Å². The van der Waals surface area contributed by atoms with E-state index in [-0.39, 0.29) is 17.2 Å². The Labute approximate surface area is 205 Å². The van der Waals surface area contributed by atoms with E-state index in [2.05, 4.69) is 15.3 Å². The zero-order valence-corrected chi connectivity index (χ0v) is 19.6. The van der Waals surface area contributed by atoms with Gasteiger partial charge >= 0.3 is 0 Å². The van der Waals surface area contributed by atoms with Gasteiger partial charge in [-0.2, -0.15) is 0 Å². The van der Waals surface area contributed by atoms with E-state index in [1.807, 2.05) is 48.5 Å². The summed E-state index contributed by atoms with van der Waals surface area (Å²) in [5.41, 5.74) is 2.60. The molecule has 0 fully saturated rings. The highest BCUT2D eigenvalue weighted by Crippen LogP contribution is 2.28. The Morgan fingerprint density at radius 2 is 1.80 bits per heavy atom. The average Bonchev–Trinajstić information content (AvgIpc) is 3.44. The quantitative estimate of drug-likeness (QED) is 0.246. The van der Waals surface area contributed by atoms with Crippen LogP contribution < -0.4 is 10.9 Å². The van der Waals surface area contributed by atoms with Crippen molar-refractivity contribution in [2.45, 2.75) is 5.16 Å². The molecule has 0 radical (unpaired) electrons. The van der Waals surface area contributed by atoms with E-state index in [0.717, 1.165) is 32.9 Å². The van der Waals surface area contributed by atoms with Gasteiger partial charge in [0.15, 0.2) is 10.3 Å². The number of nitrogens with one attached hydrogen (secondary N) is 2. The van der Waals surface area contributed by atoms with Crippen LogP contribution in [0.1, 0.15) is 0 Å². The van der Waals surface area contributed by atoms with E-state index in [1.165, 1.54) is 40.2 Å². The third-order valence-electron chi connectivity index (χ3n) is 5.45. The molecule has 35 heavy (non-hydrogen) atoms. The first-order chi connectivity index (χ1) is 17.1. The maximum atomic E-state index is 13.6. The lowest BCUT2D eigenvalue weighted by atomic mass is 10.2. The van der Waals surface area contributed by atoms with Crippen molar-refractivity contribution in [2.75, 3.05) is 11.1 Å². The number of aromatic nitrogens is 4. The van der Waals surface area contributed by atoms with Crippen LogP contribution in [0.4, 0.5) is 9.52 Å². The van der Waals surface area contributed by atoms with E-state index in [0.29, 0.717) is 27.0 Å². The summed E-state index contributed by atoms with van der Waals surface area (Å²) >= 11 is 2.52. The molecule has 6 aromatic rings. The van der Waals surface area contributed by atoms with Crippen LogP contribution in [0.15, 0.2) is 82.7 Å². The number of hydrogen-bond acceptors (Lipinski definition) is 6. The van der Waals surface area contributed by atoms with Crippen molar-refractivity contribution in [1.82, 2.24) is 19.5 Å². The molecule has 3 aromatic carbocycles. The van der Waals surface area contributed by atoms with Gasteiger partial charge in [-0.15, -0.1) is 0 Å². The van der Waals surface area contributed by atoms with Gasteiger partial charge in [-0.05, 0) is 42.5 Å². The normalized spacial score (nSPS) is 11.5. The molecule has 0 aliphatic rings. The van der Waals surface area contributed by atoms with Crippen LogP contribution in [0, 0.1) is 5.82 Å². The van der Waals surface area contributed by atoms with E-state index in [1.54, 1.807) is 0 Å². The number of thiazole rings is 1. The van der Waals surface area contributed by atoms with E-state index >= 15 is 0 Å². The molecule has 7 nitrogen and oxygen atoms in total. The number of halogens is 1. The van der Waals surface area contributed by atoms with E-state index < -0.39 is 5.82 Å². The molecule has 0 bridgehead atoms. The molecule has 172 valence electrons. The number of fused-ring (bicyclic) bond motifs is 4. The summed E-state index contributed by atoms with van der Waals surface area (Å²) in [5, 5.41) is 4.47. The molecule has 3 heterocycles. The predicted octanol–water partition coefficient (Wildman–Crippen LogP) is 5.35.